The van der Waals surface area contributed by atoms with Crippen LogP contribution in [0.1, 0.15) is 25.0 Å². The first-order chi connectivity index (χ1) is 26.5. The van der Waals surface area contributed by atoms with Crippen molar-refractivity contribution in [3.63, 3.8) is 0 Å². The normalized spacial score (nSPS) is 13.3. The van der Waals surface area contributed by atoms with E-state index in [1.165, 1.54) is 82.5 Å². The number of rotatable bonds is 6. The Morgan fingerprint density at radius 3 is 1.26 bits per heavy atom. The van der Waals surface area contributed by atoms with Gasteiger partial charge in [0.25, 0.3) is 0 Å². The van der Waals surface area contributed by atoms with Crippen LogP contribution in [0, 0.1) is 0 Å². The second-order valence-electron chi connectivity index (χ2n) is 15.0. The lowest BCUT2D eigenvalue weighted by Gasteiger charge is -2.35. The highest BCUT2D eigenvalue weighted by Gasteiger charge is 2.38. The van der Waals surface area contributed by atoms with E-state index >= 15 is 0 Å². The largest absolute Gasteiger partial charge is 0.313 e. The summed E-state index contributed by atoms with van der Waals surface area (Å²) in [6, 6.07) is 71.1. The van der Waals surface area contributed by atoms with Gasteiger partial charge in [-0.2, -0.15) is 0 Å². The van der Waals surface area contributed by atoms with Gasteiger partial charge in [0.2, 0.25) is 0 Å². The first-order valence-electron chi connectivity index (χ1n) is 18.8. The molecule has 0 bridgehead atoms. The van der Waals surface area contributed by atoms with Crippen LogP contribution in [0.2, 0.25) is 0 Å². The van der Waals surface area contributed by atoms with Crippen molar-refractivity contribution in [2.75, 3.05) is 4.90 Å². The second kappa shape index (κ2) is 12.8. The molecule has 256 valence electrons. The smallest absolute Gasteiger partial charge is 0.0459 e. The molecule has 9 aromatic carbocycles. The third kappa shape index (κ3) is 5.49. The summed E-state index contributed by atoms with van der Waals surface area (Å²) >= 11 is 0. The Bertz CT molecular complexity index is 2880. The maximum Gasteiger partial charge on any atom is 0.0459 e. The van der Waals surface area contributed by atoms with Gasteiger partial charge in [-0.3, -0.25) is 0 Å². The number of hydrogen-bond donors (Lipinski definition) is 0. The molecule has 0 heterocycles. The van der Waals surface area contributed by atoms with E-state index in [1.807, 2.05) is 0 Å². The molecule has 1 aliphatic rings. The standard InChI is InChI=1S/C53H39N/c1-53(2)51-32-27-42-11-7-8-14-49(42)50(51)35-52(53)54(48-30-25-41(26-31-48)46-22-20-37-10-4-6-13-44(37)34-46)47-28-23-39(24-29-47)38-15-17-40(18-16-38)45-21-19-36-9-3-5-12-43(36)33-45/h3-35H,1-2H3. The molecule has 9 aromatic rings. The first-order valence-corrected chi connectivity index (χ1v) is 18.8. The lowest BCUT2D eigenvalue weighted by molar-refractivity contribution is 0.627. The first kappa shape index (κ1) is 32.0. The predicted molar refractivity (Wildman–Crippen MR) is 231 cm³/mol. The zero-order valence-electron chi connectivity index (χ0n) is 30.5. The van der Waals surface area contributed by atoms with Gasteiger partial charge in [-0.15, -0.1) is 0 Å². The highest BCUT2D eigenvalue weighted by atomic mass is 15.2. The molecule has 0 atom stereocenters. The van der Waals surface area contributed by atoms with Gasteiger partial charge >= 0.3 is 0 Å². The second-order valence-corrected chi connectivity index (χ2v) is 15.0. The zero-order chi connectivity index (χ0) is 36.2. The maximum atomic E-state index is 2.46. The molecule has 1 nitrogen and oxygen atoms in total. The van der Waals surface area contributed by atoms with Crippen LogP contribution in [0.5, 0.6) is 0 Å². The van der Waals surface area contributed by atoms with Crippen LogP contribution in [0.15, 0.2) is 200 Å². The minimum atomic E-state index is -0.215. The summed E-state index contributed by atoms with van der Waals surface area (Å²) in [5.74, 6) is 0. The van der Waals surface area contributed by atoms with Crippen LogP contribution in [-0.2, 0) is 5.41 Å². The zero-order valence-corrected chi connectivity index (χ0v) is 30.5. The summed E-state index contributed by atoms with van der Waals surface area (Å²) in [7, 11) is 0. The molecule has 0 saturated carbocycles. The fourth-order valence-corrected chi connectivity index (χ4v) is 8.42. The fourth-order valence-electron chi connectivity index (χ4n) is 8.42. The molecule has 0 amide bonds. The van der Waals surface area contributed by atoms with Gasteiger partial charge in [0.1, 0.15) is 0 Å². The molecule has 1 heteroatoms. The number of benzene rings is 9. The average Bonchev–Trinajstić information content (AvgIpc) is 3.50. The van der Waals surface area contributed by atoms with Gasteiger partial charge in [-0.1, -0.05) is 172 Å². The Hall–Kier alpha value is -6.70. The van der Waals surface area contributed by atoms with Gasteiger partial charge in [0.05, 0.1) is 0 Å². The summed E-state index contributed by atoms with van der Waals surface area (Å²) in [6.07, 6.45) is 2.42. The van der Waals surface area contributed by atoms with Crippen LogP contribution >= 0.6 is 0 Å². The van der Waals surface area contributed by atoms with Crippen molar-refractivity contribution in [2.45, 2.75) is 19.3 Å². The Morgan fingerprint density at radius 2 is 0.741 bits per heavy atom. The van der Waals surface area contributed by atoms with E-state index in [4.69, 9.17) is 0 Å². The van der Waals surface area contributed by atoms with Crippen LogP contribution in [0.4, 0.5) is 11.4 Å². The van der Waals surface area contributed by atoms with Crippen molar-refractivity contribution in [3.8, 4) is 33.4 Å². The van der Waals surface area contributed by atoms with E-state index in [-0.39, 0.29) is 5.41 Å². The number of nitrogens with zero attached hydrogens (tertiary/aromatic N) is 1. The SMILES string of the molecule is CC1(C)C(N(c2ccc(-c3ccc(-c4ccc5ccccc5c4)cc3)cc2)c2ccc(-c3ccc4ccccc4c3)cc2)=Cc2c1ccc1ccccc21. The quantitative estimate of drug-likeness (QED) is 0.168. The van der Waals surface area contributed by atoms with Crippen LogP contribution in [-0.4, -0.2) is 0 Å². The van der Waals surface area contributed by atoms with Gasteiger partial charge in [-0.05, 0) is 119 Å². The van der Waals surface area contributed by atoms with Crippen molar-refractivity contribution < 1.29 is 0 Å². The molecule has 54 heavy (non-hydrogen) atoms. The molecule has 0 N–H and O–H groups in total. The lowest BCUT2D eigenvalue weighted by Crippen LogP contribution is -2.29. The van der Waals surface area contributed by atoms with E-state index in [1.54, 1.807) is 0 Å². The molecule has 0 unspecified atom stereocenters. The average molecular weight is 690 g/mol. The van der Waals surface area contributed by atoms with Gasteiger partial charge < -0.3 is 4.90 Å². The van der Waals surface area contributed by atoms with Crippen LogP contribution in [0.3, 0.4) is 0 Å². The molecule has 10 rings (SSSR count). The summed E-state index contributed by atoms with van der Waals surface area (Å²) < 4.78 is 0. The van der Waals surface area contributed by atoms with E-state index in [9.17, 15) is 0 Å². The number of fused-ring (bicyclic) bond motifs is 5. The van der Waals surface area contributed by atoms with Crippen LogP contribution < -0.4 is 4.90 Å². The summed E-state index contributed by atoms with van der Waals surface area (Å²) in [4.78, 5) is 2.46. The third-order valence-electron chi connectivity index (χ3n) is 11.4. The van der Waals surface area contributed by atoms with Crippen molar-refractivity contribution >= 4 is 49.8 Å². The topological polar surface area (TPSA) is 3.24 Å². The van der Waals surface area contributed by atoms with Crippen molar-refractivity contribution in [3.05, 3.63) is 211 Å². The maximum absolute atomic E-state index is 2.46. The molecule has 0 radical (unpaired) electrons. The Kier molecular flexibility index (Phi) is 7.56. The summed E-state index contributed by atoms with van der Waals surface area (Å²) in [6.45, 7) is 4.72. The van der Waals surface area contributed by atoms with Gasteiger partial charge in [0.15, 0.2) is 0 Å². The van der Waals surface area contributed by atoms with E-state index in [0.29, 0.717) is 0 Å². The molecule has 1 aliphatic carbocycles. The van der Waals surface area contributed by atoms with Crippen LogP contribution in [0.25, 0.3) is 71.8 Å². The summed E-state index contributed by atoms with van der Waals surface area (Å²) in [5, 5.41) is 7.61. The molecule has 0 saturated heterocycles. The molecular formula is C53H39N. The molecule has 0 fully saturated rings. The fraction of sp³-hybridized carbons (Fsp3) is 0.0566. The highest BCUT2D eigenvalue weighted by Crippen LogP contribution is 2.49. The lowest BCUT2D eigenvalue weighted by atomic mass is 9.82. The van der Waals surface area contributed by atoms with Crippen molar-refractivity contribution in [1.29, 1.82) is 0 Å². The Balaban J connectivity index is 1.03. The molecular weight excluding hydrogens is 651 g/mol. The van der Waals surface area contributed by atoms with Gasteiger partial charge in [-0.25, -0.2) is 0 Å². The van der Waals surface area contributed by atoms with Crippen molar-refractivity contribution in [2.24, 2.45) is 0 Å². The minimum absolute atomic E-state index is 0.215. The monoisotopic (exact) mass is 689 g/mol. The van der Waals surface area contributed by atoms with E-state index in [2.05, 4.69) is 219 Å². The van der Waals surface area contributed by atoms with Crippen molar-refractivity contribution in [1.82, 2.24) is 0 Å². The Morgan fingerprint density at radius 1 is 0.352 bits per heavy atom. The molecule has 0 aromatic heterocycles. The number of allylic oxidation sites excluding steroid dienone is 1. The molecule has 0 aliphatic heterocycles. The number of hydrogen-bond acceptors (Lipinski definition) is 1. The van der Waals surface area contributed by atoms with E-state index < -0.39 is 0 Å². The highest BCUT2D eigenvalue weighted by molar-refractivity contribution is 5.97. The number of anilines is 2. The summed E-state index contributed by atoms with van der Waals surface area (Å²) in [5.41, 5.74) is 13.3. The van der Waals surface area contributed by atoms with Gasteiger partial charge in [0, 0.05) is 22.5 Å². The van der Waals surface area contributed by atoms with E-state index in [0.717, 1.165) is 11.4 Å². The molecule has 0 spiro atoms. The minimum Gasteiger partial charge on any atom is -0.313 e. The third-order valence-corrected chi connectivity index (χ3v) is 11.4. The Labute approximate surface area is 317 Å². The predicted octanol–water partition coefficient (Wildman–Crippen LogP) is 14.6.